The Hall–Kier alpha value is -2.24. The summed E-state index contributed by atoms with van der Waals surface area (Å²) in [5.41, 5.74) is 4.38. The predicted octanol–water partition coefficient (Wildman–Crippen LogP) is 4.54. The van der Waals surface area contributed by atoms with E-state index >= 15 is 0 Å². The van der Waals surface area contributed by atoms with Gasteiger partial charge in [0.1, 0.15) is 0 Å². The SMILES string of the molecule is CCOc1c(Cl)cc(C=NNc2ccc(C(=O)O)cc2)cc1Cl. The number of hydrazone groups is 1. The van der Waals surface area contributed by atoms with Crippen LogP contribution >= 0.6 is 23.2 Å². The molecule has 2 rings (SSSR count). The highest BCUT2D eigenvalue weighted by Crippen LogP contribution is 2.33. The van der Waals surface area contributed by atoms with Crippen LogP contribution < -0.4 is 10.2 Å². The van der Waals surface area contributed by atoms with Gasteiger partial charge in [-0.2, -0.15) is 5.10 Å². The van der Waals surface area contributed by atoms with Gasteiger partial charge in [-0.1, -0.05) is 23.2 Å². The topological polar surface area (TPSA) is 70.9 Å². The number of carbonyl (C=O) groups is 1. The standard InChI is InChI=1S/C16H14Cl2N2O3/c1-2-23-15-13(17)7-10(8-14(15)18)9-19-20-12-5-3-11(4-6-12)16(21)22/h3-9,20H,2H2,1H3,(H,21,22). The number of nitrogens with zero attached hydrogens (tertiary/aromatic N) is 1. The van der Waals surface area contributed by atoms with Gasteiger partial charge in [-0.3, -0.25) is 5.43 Å². The molecule has 0 spiro atoms. The Morgan fingerprint density at radius 1 is 1.26 bits per heavy atom. The van der Waals surface area contributed by atoms with E-state index < -0.39 is 5.97 Å². The van der Waals surface area contributed by atoms with E-state index in [0.29, 0.717) is 33.7 Å². The second-order valence-corrected chi connectivity index (χ2v) is 5.31. The zero-order chi connectivity index (χ0) is 16.8. The van der Waals surface area contributed by atoms with Crippen LogP contribution in [0.3, 0.4) is 0 Å². The van der Waals surface area contributed by atoms with Gasteiger partial charge in [0.15, 0.2) is 5.75 Å². The number of carboxylic acid groups (broad SMARTS) is 1. The minimum Gasteiger partial charge on any atom is -0.491 e. The number of carboxylic acids is 1. The molecule has 0 heterocycles. The first-order valence-corrected chi connectivity index (χ1v) is 7.51. The number of rotatable bonds is 6. The van der Waals surface area contributed by atoms with Crippen LogP contribution in [0.5, 0.6) is 5.75 Å². The second kappa shape index (κ2) is 7.85. The molecule has 0 radical (unpaired) electrons. The molecule has 0 bridgehead atoms. The highest BCUT2D eigenvalue weighted by atomic mass is 35.5. The van der Waals surface area contributed by atoms with Crippen molar-refractivity contribution in [1.82, 2.24) is 0 Å². The van der Waals surface area contributed by atoms with Crippen LogP contribution in [0.4, 0.5) is 5.69 Å². The maximum Gasteiger partial charge on any atom is 0.335 e. The Bertz CT molecular complexity index is 708. The lowest BCUT2D eigenvalue weighted by Gasteiger charge is -2.08. The number of ether oxygens (including phenoxy) is 1. The highest BCUT2D eigenvalue weighted by Gasteiger charge is 2.08. The van der Waals surface area contributed by atoms with Crippen LogP contribution in [0.15, 0.2) is 41.5 Å². The lowest BCUT2D eigenvalue weighted by atomic mass is 10.2. The molecule has 5 nitrogen and oxygen atoms in total. The number of anilines is 1. The summed E-state index contributed by atoms with van der Waals surface area (Å²) in [6.07, 6.45) is 1.55. The minimum atomic E-state index is -0.973. The van der Waals surface area contributed by atoms with Crippen LogP contribution in [0, 0.1) is 0 Å². The minimum absolute atomic E-state index is 0.213. The molecule has 0 atom stereocenters. The molecule has 2 N–H and O–H groups in total. The van der Waals surface area contributed by atoms with Crippen LogP contribution in [0.1, 0.15) is 22.8 Å². The molecule has 0 aromatic heterocycles. The number of nitrogens with one attached hydrogen (secondary N) is 1. The summed E-state index contributed by atoms with van der Waals surface area (Å²) < 4.78 is 5.35. The Balaban J connectivity index is 2.07. The average Bonchev–Trinajstić information content (AvgIpc) is 2.51. The number of halogens is 2. The second-order valence-electron chi connectivity index (χ2n) is 4.50. The van der Waals surface area contributed by atoms with E-state index in [1.165, 1.54) is 12.1 Å². The van der Waals surface area contributed by atoms with Crippen molar-refractivity contribution in [1.29, 1.82) is 0 Å². The fraction of sp³-hybridized carbons (Fsp3) is 0.125. The number of aromatic carboxylic acids is 1. The third-order valence-corrected chi connectivity index (χ3v) is 3.41. The molecule has 23 heavy (non-hydrogen) atoms. The van der Waals surface area contributed by atoms with Gasteiger partial charge >= 0.3 is 5.97 Å². The summed E-state index contributed by atoms with van der Waals surface area (Å²) in [4.78, 5) is 10.8. The molecule has 0 amide bonds. The van der Waals surface area contributed by atoms with Gasteiger partial charge in [0, 0.05) is 0 Å². The molecule has 2 aromatic rings. The molecule has 7 heteroatoms. The van der Waals surface area contributed by atoms with E-state index in [2.05, 4.69) is 10.5 Å². The fourth-order valence-corrected chi connectivity index (χ4v) is 2.42. The quantitative estimate of drug-likeness (QED) is 0.591. The molecule has 0 aliphatic heterocycles. The van der Waals surface area contributed by atoms with Gasteiger partial charge in [0.2, 0.25) is 0 Å². The zero-order valence-electron chi connectivity index (χ0n) is 12.2. The molecule has 0 fully saturated rings. The van der Waals surface area contributed by atoms with Crippen molar-refractivity contribution in [2.24, 2.45) is 5.10 Å². The molecule has 0 saturated carbocycles. The largest absolute Gasteiger partial charge is 0.491 e. The number of hydrogen-bond donors (Lipinski definition) is 2. The van der Waals surface area contributed by atoms with Gasteiger partial charge in [-0.25, -0.2) is 4.79 Å². The number of benzene rings is 2. The predicted molar refractivity (Wildman–Crippen MR) is 92.2 cm³/mol. The van der Waals surface area contributed by atoms with Gasteiger partial charge in [-0.15, -0.1) is 0 Å². The van der Waals surface area contributed by atoms with E-state index in [4.69, 9.17) is 33.0 Å². The van der Waals surface area contributed by atoms with Crippen LogP contribution in [-0.4, -0.2) is 23.9 Å². The van der Waals surface area contributed by atoms with Crippen molar-refractivity contribution in [2.45, 2.75) is 6.92 Å². The summed E-state index contributed by atoms with van der Waals surface area (Å²) >= 11 is 12.2. The van der Waals surface area contributed by atoms with Crippen molar-refractivity contribution < 1.29 is 14.6 Å². The highest BCUT2D eigenvalue weighted by molar-refractivity contribution is 6.37. The summed E-state index contributed by atoms with van der Waals surface area (Å²) in [6.45, 7) is 2.32. The summed E-state index contributed by atoms with van der Waals surface area (Å²) in [7, 11) is 0. The first-order chi connectivity index (χ1) is 11.0. The van der Waals surface area contributed by atoms with Crippen molar-refractivity contribution >= 4 is 41.1 Å². The van der Waals surface area contributed by atoms with Gasteiger partial charge < -0.3 is 9.84 Å². The summed E-state index contributed by atoms with van der Waals surface area (Å²) in [5, 5.41) is 13.7. The summed E-state index contributed by atoms with van der Waals surface area (Å²) in [6, 6.07) is 9.61. The van der Waals surface area contributed by atoms with E-state index in [0.717, 1.165) is 0 Å². The van der Waals surface area contributed by atoms with Crippen LogP contribution in [0.2, 0.25) is 10.0 Å². The first kappa shape index (κ1) is 17.1. The van der Waals surface area contributed by atoms with E-state index in [9.17, 15) is 4.79 Å². The molecular formula is C16H14Cl2N2O3. The maximum absolute atomic E-state index is 10.8. The van der Waals surface area contributed by atoms with Gasteiger partial charge in [0.25, 0.3) is 0 Å². The Morgan fingerprint density at radius 2 is 1.87 bits per heavy atom. The van der Waals surface area contributed by atoms with Crippen LogP contribution in [-0.2, 0) is 0 Å². The Morgan fingerprint density at radius 3 is 2.39 bits per heavy atom. The van der Waals surface area contributed by atoms with Gasteiger partial charge in [-0.05, 0) is 48.9 Å². The monoisotopic (exact) mass is 352 g/mol. The van der Waals surface area contributed by atoms with Crippen molar-refractivity contribution in [3.63, 3.8) is 0 Å². The molecule has 120 valence electrons. The molecular weight excluding hydrogens is 339 g/mol. The van der Waals surface area contributed by atoms with Crippen molar-refractivity contribution in [3.05, 3.63) is 57.6 Å². The zero-order valence-corrected chi connectivity index (χ0v) is 13.7. The smallest absolute Gasteiger partial charge is 0.335 e. The lowest BCUT2D eigenvalue weighted by molar-refractivity contribution is 0.0697. The molecule has 0 aliphatic carbocycles. The molecule has 0 saturated heterocycles. The van der Waals surface area contributed by atoms with Crippen molar-refractivity contribution in [2.75, 3.05) is 12.0 Å². The maximum atomic E-state index is 10.8. The third kappa shape index (κ3) is 4.61. The summed E-state index contributed by atoms with van der Waals surface area (Å²) in [5.74, 6) is -0.524. The van der Waals surface area contributed by atoms with Crippen LogP contribution in [0.25, 0.3) is 0 Å². The van der Waals surface area contributed by atoms with E-state index in [-0.39, 0.29) is 5.56 Å². The van der Waals surface area contributed by atoms with Crippen molar-refractivity contribution in [3.8, 4) is 5.75 Å². The van der Waals surface area contributed by atoms with E-state index in [1.54, 1.807) is 30.5 Å². The normalized spacial score (nSPS) is 10.7. The number of hydrogen-bond acceptors (Lipinski definition) is 4. The molecule has 0 unspecified atom stereocenters. The van der Waals surface area contributed by atoms with Gasteiger partial charge in [0.05, 0.1) is 34.1 Å². The van der Waals surface area contributed by atoms with E-state index in [1.807, 2.05) is 6.92 Å². The average molecular weight is 353 g/mol. The molecule has 0 aliphatic rings. The lowest BCUT2D eigenvalue weighted by Crippen LogP contribution is -1.97. The Labute approximate surface area is 143 Å². The fourth-order valence-electron chi connectivity index (χ4n) is 1.80. The Kier molecular flexibility index (Phi) is 5.84. The third-order valence-electron chi connectivity index (χ3n) is 2.85. The first-order valence-electron chi connectivity index (χ1n) is 6.75. The molecule has 2 aromatic carbocycles.